The zero-order valence-corrected chi connectivity index (χ0v) is 22.4. The van der Waals surface area contributed by atoms with Crippen LogP contribution in [0.1, 0.15) is 73.4 Å². The minimum Gasteiger partial charge on any atom is -0.453 e. The molecule has 39 heavy (non-hydrogen) atoms. The van der Waals surface area contributed by atoms with E-state index >= 15 is 0 Å². The number of fused-ring (bicyclic) bond motifs is 3. The summed E-state index contributed by atoms with van der Waals surface area (Å²) in [4.78, 5) is 33.0. The van der Waals surface area contributed by atoms with Crippen LogP contribution < -0.4 is 5.32 Å². The second-order valence-corrected chi connectivity index (χ2v) is 10.9. The van der Waals surface area contributed by atoms with Crippen LogP contribution >= 0.6 is 0 Å². The highest BCUT2D eigenvalue weighted by molar-refractivity contribution is 5.77. The molecular weight excluding hydrogens is 511 g/mol. The number of carbonyl (C=O) groups is 2. The van der Waals surface area contributed by atoms with Crippen molar-refractivity contribution in [1.29, 1.82) is 0 Å². The summed E-state index contributed by atoms with van der Waals surface area (Å²) in [7, 11) is 1.37. The first-order valence-corrected chi connectivity index (χ1v) is 13.7. The first-order valence-electron chi connectivity index (χ1n) is 13.7. The summed E-state index contributed by atoms with van der Waals surface area (Å²) in [6.07, 6.45) is -1.11. The zero-order valence-electron chi connectivity index (χ0n) is 22.4. The standard InChI is InChI=1S/C28H36F3N5O3/c1-18-32-24-10-12-34(26(37)16-28(29,30)31)17-25(24)36(18)22-14-20-8-9-21(15-22)35(20)13-11-23(33-27(38)39-2)19-6-4-3-5-7-19/h3-7,20-23H,8-17H2,1-2H3,(H,33,38)/t20?,21?,22?,23-/m0/s1. The summed E-state index contributed by atoms with van der Waals surface area (Å²) in [5.41, 5.74) is 2.83. The summed E-state index contributed by atoms with van der Waals surface area (Å²) in [6, 6.07) is 10.7. The number of aromatic nitrogens is 2. The Morgan fingerprint density at radius 2 is 1.82 bits per heavy atom. The predicted octanol–water partition coefficient (Wildman–Crippen LogP) is 4.68. The molecule has 8 nitrogen and oxygen atoms in total. The number of hydrogen-bond donors (Lipinski definition) is 1. The second-order valence-electron chi connectivity index (χ2n) is 10.9. The number of aryl methyl sites for hydroxylation is 1. The Kier molecular flexibility index (Phi) is 7.89. The van der Waals surface area contributed by atoms with Gasteiger partial charge in [-0.05, 0) is 44.6 Å². The first kappa shape index (κ1) is 27.5. The summed E-state index contributed by atoms with van der Waals surface area (Å²) in [5, 5.41) is 2.97. The van der Waals surface area contributed by atoms with Crippen LogP contribution in [0.5, 0.6) is 0 Å². The lowest BCUT2D eigenvalue weighted by Crippen LogP contribution is -2.45. The average Bonchev–Trinajstić information content (AvgIpc) is 3.35. The maximum absolute atomic E-state index is 12.9. The van der Waals surface area contributed by atoms with Gasteiger partial charge in [-0.3, -0.25) is 9.69 Å². The minimum atomic E-state index is -4.51. The molecule has 11 heteroatoms. The Morgan fingerprint density at radius 3 is 2.46 bits per heavy atom. The summed E-state index contributed by atoms with van der Waals surface area (Å²) in [6.45, 7) is 3.24. The van der Waals surface area contributed by atoms with Gasteiger partial charge in [-0.25, -0.2) is 9.78 Å². The molecule has 3 aliphatic heterocycles. The molecule has 2 aromatic rings. The number of carbonyl (C=O) groups excluding carboxylic acids is 2. The normalized spacial score (nSPS) is 23.8. The lowest BCUT2D eigenvalue weighted by Gasteiger charge is -2.41. The van der Waals surface area contributed by atoms with E-state index in [1.165, 1.54) is 12.0 Å². The third-order valence-electron chi connectivity index (χ3n) is 8.51. The van der Waals surface area contributed by atoms with Gasteiger partial charge in [0.1, 0.15) is 12.2 Å². The van der Waals surface area contributed by atoms with Crippen LogP contribution in [0.25, 0.3) is 0 Å². The van der Waals surface area contributed by atoms with Crippen molar-refractivity contribution >= 4 is 12.0 Å². The van der Waals surface area contributed by atoms with Gasteiger partial charge >= 0.3 is 12.3 Å². The Balaban J connectivity index is 1.27. The van der Waals surface area contributed by atoms with Crippen LogP contribution in [-0.4, -0.2) is 69.8 Å². The number of alkyl halides is 3. The van der Waals surface area contributed by atoms with E-state index in [4.69, 9.17) is 9.72 Å². The van der Waals surface area contributed by atoms with Gasteiger partial charge in [-0.1, -0.05) is 30.3 Å². The highest BCUT2D eigenvalue weighted by Crippen LogP contribution is 2.43. The van der Waals surface area contributed by atoms with Crippen LogP contribution in [0.4, 0.5) is 18.0 Å². The lowest BCUT2D eigenvalue weighted by molar-refractivity contribution is -0.162. The van der Waals surface area contributed by atoms with Crippen molar-refractivity contribution in [3.63, 3.8) is 0 Å². The van der Waals surface area contributed by atoms with Gasteiger partial charge in [0.25, 0.3) is 0 Å². The molecule has 4 heterocycles. The molecule has 1 N–H and O–H groups in total. The lowest BCUT2D eigenvalue weighted by atomic mass is 9.95. The molecule has 2 amide bonds. The Hall–Kier alpha value is -3.08. The van der Waals surface area contributed by atoms with Crippen LogP contribution in [-0.2, 0) is 22.5 Å². The molecule has 0 spiro atoms. The minimum absolute atomic E-state index is 0.154. The maximum atomic E-state index is 12.9. The highest BCUT2D eigenvalue weighted by atomic mass is 19.4. The smallest absolute Gasteiger partial charge is 0.407 e. The van der Waals surface area contributed by atoms with Crippen molar-refractivity contribution in [3.8, 4) is 0 Å². The van der Waals surface area contributed by atoms with Gasteiger partial charge < -0.3 is 19.5 Å². The summed E-state index contributed by atoms with van der Waals surface area (Å²) < 4.78 is 45.6. The van der Waals surface area contributed by atoms with Gasteiger partial charge in [0.15, 0.2) is 0 Å². The van der Waals surface area contributed by atoms with Gasteiger partial charge in [0.05, 0.1) is 31.1 Å². The number of benzene rings is 1. The van der Waals surface area contributed by atoms with Crippen molar-refractivity contribution in [2.24, 2.45) is 0 Å². The molecular formula is C28H36F3N5O3. The van der Waals surface area contributed by atoms with Crippen molar-refractivity contribution in [2.45, 2.75) is 88.8 Å². The number of methoxy groups -OCH3 is 1. The van der Waals surface area contributed by atoms with E-state index in [2.05, 4.69) is 14.8 Å². The van der Waals surface area contributed by atoms with E-state index in [-0.39, 0.29) is 25.2 Å². The quantitative estimate of drug-likeness (QED) is 0.545. The van der Waals surface area contributed by atoms with Crippen molar-refractivity contribution in [1.82, 2.24) is 24.7 Å². The maximum Gasteiger partial charge on any atom is 0.407 e. The fraction of sp³-hybridized carbons (Fsp3) is 0.607. The predicted molar refractivity (Wildman–Crippen MR) is 138 cm³/mol. The number of halogens is 3. The molecule has 1 aromatic heterocycles. The van der Waals surface area contributed by atoms with E-state index < -0.39 is 24.6 Å². The molecule has 0 saturated carbocycles. The van der Waals surface area contributed by atoms with Crippen LogP contribution in [0.3, 0.4) is 0 Å². The fourth-order valence-electron chi connectivity index (χ4n) is 6.81. The number of amides is 2. The molecule has 2 fully saturated rings. The number of piperidine rings is 1. The molecule has 2 saturated heterocycles. The molecule has 212 valence electrons. The average molecular weight is 548 g/mol. The van der Waals surface area contributed by atoms with Gasteiger partial charge in [0, 0.05) is 37.6 Å². The van der Waals surface area contributed by atoms with E-state index in [1.807, 2.05) is 37.3 Å². The number of nitrogens with one attached hydrogen (secondary N) is 1. The second kappa shape index (κ2) is 11.2. The van der Waals surface area contributed by atoms with Gasteiger partial charge in [-0.2, -0.15) is 13.2 Å². The zero-order chi connectivity index (χ0) is 27.7. The number of hydrogen-bond acceptors (Lipinski definition) is 5. The van der Waals surface area contributed by atoms with Gasteiger partial charge in [0.2, 0.25) is 5.91 Å². The van der Waals surface area contributed by atoms with E-state index in [9.17, 15) is 22.8 Å². The van der Waals surface area contributed by atoms with E-state index in [0.29, 0.717) is 18.5 Å². The summed E-state index contributed by atoms with van der Waals surface area (Å²) >= 11 is 0. The van der Waals surface area contributed by atoms with Crippen molar-refractivity contribution < 1.29 is 27.5 Å². The molecule has 5 rings (SSSR count). The number of alkyl carbamates (subject to hydrolysis) is 1. The summed E-state index contributed by atoms with van der Waals surface area (Å²) in [5.74, 6) is -0.00336. The SMILES string of the molecule is COC(=O)N[C@@H](CCN1C2CCC1CC(n1c(C)nc3c1CN(C(=O)CC(F)(F)F)CC3)C2)c1ccccc1. The number of ether oxygens (including phenoxy) is 1. The van der Waals surface area contributed by atoms with E-state index in [1.54, 1.807) is 0 Å². The largest absolute Gasteiger partial charge is 0.453 e. The number of imidazole rings is 1. The van der Waals surface area contributed by atoms with E-state index in [0.717, 1.165) is 61.4 Å². The molecule has 2 unspecified atom stereocenters. The third-order valence-corrected chi connectivity index (χ3v) is 8.51. The topological polar surface area (TPSA) is 79.7 Å². The van der Waals surface area contributed by atoms with Crippen LogP contribution in [0, 0.1) is 6.92 Å². The first-order chi connectivity index (χ1) is 18.6. The number of nitrogens with zero attached hydrogens (tertiary/aromatic N) is 4. The molecule has 0 aliphatic carbocycles. The van der Waals surface area contributed by atoms with Crippen LogP contribution in [0.15, 0.2) is 30.3 Å². The van der Waals surface area contributed by atoms with Crippen molar-refractivity contribution in [2.75, 3.05) is 20.2 Å². The van der Waals surface area contributed by atoms with Gasteiger partial charge in [-0.15, -0.1) is 0 Å². The molecule has 1 aromatic carbocycles. The van der Waals surface area contributed by atoms with Crippen molar-refractivity contribution in [3.05, 3.63) is 53.1 Å². The molecule has 2 bridgehead atoms. The van der Waals surface area contributed by atoms with Crippen LogP contribution in [0.2, 0.25) is 0 Å². The Labute approximate surface area is 226 Å². The highest BCUT2D eigenvalue weighted by Gasteiger charge is 2.43. The molecule has 3 atom stereocenters. The molecule has 0 radical (unpaired) electrons. The molecule has 3 aliphatic rings. The Bertz CT molecular complexity index is 1170. The number of rotatable bonds is 7. The Morgan fingerprint density at radius 1 is 1.13 bits per heavy atom. The third kappa shape index (κ3) is 6.08. The monoisotopic (exact) mass is 547 g/mol. The fourth-order valence-corrected chi connectivity index (χ4v) is 6.81.